The van der Waals surface area contributed by atoms with E-state index in [2.05, 4.69) is 32.5 Å². The van der Waals surface area contributed by atoms with Crippen LogP contribution in [0.25, 0.3) is 16.7 Å². The molecule has 1 aromatic carbocycles. The number of imidazole rings is 1. The quantitative estimate of drug-likeness (QED) is 0.527. The number of halogens is 1. The number of aromatic nitrogens is 4. The van der Waals surface area contributed by atoms with E-state index in [1.165, 1.54) is 12.3 Å². The van der Waals surface area contributed by atoms with Crippen molar-refractivity contribution in [1.82, 2.24) is 24.7 Å². The molecule has 1 fully saturated rings. The molecule has 0 spiro atoms. The highest BCUT2D eigenvalue weighted by molar-refractivity contribution is 6.12. The van der Waals surface area contributed by atoms with Gasteiger partial charge in [0.25, 0.3) is 5.91 Å². The third-order valence-corrected chi connectivity index (χ3v) is 5.44. The summed E-state index contributed by atoms with van der Waals surface area (Å²) in [6.07, 6.45) is 6.44. The highest BCUT2D eigenvalue weighted by Gasteiger charge is 2.26. The van der Waals surface area contributed by atoms with Gasteiger partial charge in [0.05, 0.1) is 16.9 Å². The fraction of sp³-hybridized carbons (Fsp3) is 0.273. The summed E-state index contributed by atoms with van der Waals surface area (Å²) < 4.78 is 22.1. The number of fused-ring (bicyclic) bond motifs is 2. The van der Waals surface area contributed by atoms with Crippen LogP contribution in [-0.4, -0.2) is 44.5 Å². The van der Waals surface area contributed by atoms with E-state index in [-0.39, 0.29) is 11.8 Å². The lowest BCUT2D eigenvalue weighted by Gasteiger charge is -2.18. The number of anilines is 1. The number of aryl methyl sites for hydroxylation is 1. The SMILES string of the molecule is Cc1cn2cc(NC(=O)c3ccc(O[C@H]4CNC[C@H]4C)c4nccnc34)cc(F)c2n1. The summed E-state index contributed by atoms with van der Waals surface area (Å²) in [5.41, 5.74) is 2.48. The average molecular weight is 420 g/mol. The van der Waals surface area contributed by atoms with Crippen molar-refractivity contribution in [3.63, 3.8) is 0 Å². The van der Waals surface area contributed by atoms with Crippen LogP contribution in [-0.2, 0) is 0 Å². The summed E-state index contributed by atoms with van der Waals surface area (Å²) in [4.78, 5) is 25.9. The number of nitrogens with zero attached hydrogens (tertiary/aromatic N) is 4. The molecule has 4 aromatic rings. The van der Waals surface area contributed by atoms with Crippen LogP contribution >= 0.6 is 0 Å². The predicted molar refractivity (Wildman–Crippen MR) is 114 cm³/mol. The van der Waals surface area contributed by atoms with Crippen molar-refractivity contribution in [2.75, 3.05) is 18.4 Å². The molecule has 158 valence electrons. The summed E-state index contributed by atoms with van der Waals surface area (Å²) in [5.74, 6) is 0.0232. The van der Waals surface area contributed by atoms with Crippen molar-refractivity contribution in [2.45, 2.75) is 20.0 Å². The second-order valence-corrected chi connectivity index (χ2v) is 7.80. The Hall–Kier alpha value is -3.59. The third kappa shape index (κ3) is 3.57. The van der Waals surface area contributed by atoms with Gasteiger partial charge in [-0.05, 0) is 19.1 Å². The molecule has 0 unspecified atom stereocenters. The maximum absolute atomic E-state index is 14.4. The number of benzene rings is 1. The molecule has 1 aliphatic rings. The van der Waals surface area contributed by atoms with E-state index in [1.807, 2.05) is 0 Å². The molecule has 0 bridgehead atoms. The minimum atomic E-state index is -0.515. The fourth-order valence-electron chi connectivity index (χ4n) is 3.86. The minimum absolute atomic E-state index is 0.0261. The van der Waals surface area contributed by atoms with Crippen molar-refractivity contribution in [2.24, 2.45) is 5.92 Å². The fourth-order valence-corrected chi connectivity index (χ4v) is 3.86. The summed E-state index contributed by atoms with van der Waals surface area (Å²) in [6, 6.07) is 4.64. The van der Waals surface area contributed by atoms with Crippen molar-refractivity contribution >= 4 is 28.3 Å². The zero-order valence-electron chi connectivity index (χ0n) is 17.1. The number of hydrogen-bond acceptors (Lipinski definition) is 6. The Balaban J connectivity index is 1.47. The van der Waals surface area contributed by atoms with Gasteiger partial charge in [-0.25, -0.2) is 14.4 Å². The highest BCUT2D eigenvalue weighted by Crippen LogP contribution is 2.28. The third-order valence-electron chi connectivity index (χ3n) is 5.44. The zero-order chi connectivity index (χ0) is 21.5. The van der Waals surface area contributed by atoms with Crippen LogP contribution in [0.2, 0.25) is 0 Å². The van der Waals surface area contributed by atoms with Gasteiger partial charge in [0.1, 0.15) is 22.9 Å². The second-order valence-electron chi connectivity index (χ2n) is 7.80. The van der Waals surface area contributed by atoms with Crippen molar-refractivity contribution in [1.29, 1.82) is 0 Å². The molecule has 5 rings (SSSR count). The van der Waals surface area contributed by atoms with Crippen LogP contribution in [0.15, 0.2) is 43.0 Å². The Kier molecular flexibility index (Phi) is 4.74. The second kappa shape index (κ2) is 7.59. The van der Waals surface area contributed by atoms with E-state index in [1.54, 1.807) is 42.0 Å². The number of hydrogen-bond donors (Lipinski definition) is 2. The van der Waals surface area contributed by atoms with E-state index < -0.39 is 11.7 Å². The highest BCUT2D eigenvalue weighted by atomic mass is 19.1. The first-order chi connectivity index (χ1) is 15.0. The molecule has 3 aromatic heterocycles. The van der Waals surface area contributed by atoms with Gasteiger partial charge >= 0.3 is 0 Å². The molecule has 0 aliphatic carbocycles. The first kappa shape index (κ1) is 19.4. The molecule has 0 radical (unpaired) electrons. The number of amides is 1. The molecule has 0 saturated carbocycles. The van der Waals surface area contributed by atoms with Crippen LogP contribution in [0.3, 0.4) is 0 Å². The Morgan fingerprint density at radius 1 is 1.23 bits per heavy atom. The standard InChI is InChI=1S/C22H21FN6O2/c1-12-8-24-9-18(12)31-17-4-3-15(19-20(17)26-6-5-25-19)22(30)28-14-7-16(23)21-27-13(2)10-29(21)11-14/h3-7,10-12,18,24H,8-9H2,1-2H3,(H,28,30)/t12-,18+/m1/s1. The summed E-state index contributed by atoms with van der Waals surface area (Å²) in [6.45, 7) is 5.55. The predicted octanol–water partition coefficient (Wildman–Crippen LogP) is 2.96. The molecule has 1 aliphatic heterocycles. The number of nitrogens with one attached hydrogen (secondary N) is 2. The van der Waals surface area contributed by atoms with E-state index in [4.69, 9.17) is 4.74 Å². The Morgan fingerprint density at radius 3 is 2.81 bits per heavy atom. The van der Waals surface area contributed by atoms with Gasteiger partial charge in [0.2, 0.25) is 0 Å². The molecule has 4 heterocycles. The lowest BCUT2D eigenvalue weighted by molar-refractivity contribution is 0.102. The number of carbonyl (C=O) groups is 1. The average Bonchev–Trinajstić information content (AvgIpc) is 3.33. The van der Waals surface area contributed by atoms with Gasteiger partial charge in [-0.2, -0.15) is 0 Å². The molecule has 1 saturated heterocycles. The van der Waals surface area contributed by atoms with Crippen molar-refractivity contribution in [3.8, 4) is 5.75 Å². The van der Waals surface area contributed by atoms with Crippen LogP contribution in [0.4, 0.5) is 10.1 Å². The normalized spacial score (nSPS) is 18.5. The Morgan fingerprint density at radius 2 is 2.03 bits per heavy atom. The van der Waals surface area contributed by atoms with Gasteiger partial charge in [0.15, 0.2) is 11.5 Å². The van der Waals surface area contributed by atoms with E-state index in [0.29, 0.717) is 39.6 Å². The van der Waals surface area contributed by atoms with Crippen molar-refractivity contribution < 1.29 is 13.9 Å². The van der Waals surface area contributed by atoms with Crippen LogP contribution in [0, 0.1) is 18.7 Å². The Bertz CT molecular complexity index is 1300. The van der Waals surface area contributed by atoms with Gasteiger partial charge in [0, 0.05) is 49.9 Å². The van der Waals surface area contributed by atoms with Gasteiger partial charge in [-0.15, -0.1) is 0 Å². The number of rotatable bonds is 4. The smallest absolute Gasteiger partial charge is 0.257 e. The minimum Gasteiger partial charge on any atom is -0.486 e. The van der Waals surface area contributed by atoms with Gasteiger partial charge in [-0.3, -0.25) is 9.78 Å². The van der Waals surface area contributed by atoms with E-state index in [9.17, 15) is 9.18 Å². The molecule has 8 nitrogen and oxygen atoms in total. The molecule has 2 N–H and O–H groups in total. The summed E-state index contributed by atoms with van der Waals surface area (Å²) in [7, 11) is 0. The maximum atomic E-state index is 14.4. The first-order valence-corrected chi connectivity index (χ1v) is 10.1. The van der Waals surface area contributed by atoms with Gasteiger partial charge in [-0.1, -0.05) is 6.92 Å². The Labute approximate surface area is 177 Å². The molecule has 9 heteroatoms. The zero-order valence-corrected chi connectivity index (χ0v) is 17.1. The van der Waals surface area contributed by atoms with E-state index >= 15 is 0 Å². The van der Waals surface area contributed by atoms with Crippen LogP contribution in [0.1, 0.15) is 23.0 Å². The van der Waals surface area contributed by atoms with E-state index in [0.717, 1.165) is 13.1 Å². The van der Waals surface area contributed by atoms with Crippen LogP contribution in [0.5, 0.6) is 5.75 Å². The number of carbonyl (C=O) groups excluding carboxylic acids is 1. The van der Waals surface area contributed by atoms with Crippen LogP contribution < -0.4 is 15.4 Å². The molecule has 1 amide bonds. The summed E-state index contributed by atoms with van der Waals surface area (Å²) in [5, 5.41) is 6.05. The lowest BCUT2D eigenvalue weighted by atomic mass is 10.1. The number of pyridine rings is 1. The molecule has 31 heavy (non-hydrogen) atoms. The molecular formula is C22H21FN6O2. The first-order valence-electron chi connectivity index (χ1n) is 10.1. The molecular weight excluding hydrogens is 399 g/mol. The summed E-state index contributed by atoms with van der Waals surface area (Å²) >= 11 is 0. The maximum Gasteiger partial charge on any atom is 0.257 e. The largest absolute Gasteiger partial charge is 0.486 e. The van der Waals surface area contributed by atoms with Crippen molar-refractivity contribution in [3.05, 3.63) is 60.1 Å². The number of ether oxygens (including phenoxy) is 1. The topological polar surface area (TPSA) is 93.4 Å². The van der Waals surface area contributed by atoms with Gasteiger partial charge < -0.3 is 19.8 Å². The lowest BCUT2D eigenvalue weighted by Crippen LogP contribution is -2.24. The monoisotopic (exact) mass is 420 g/mol. The molecule has 2 atom stereocenters.